The van der Waals surface area contributed by atoms with E-state index in [2.05, 4.69) is 25.1 Å². The van der Waals surface area contributed by atoms with E-state index in [1.165, 1.54) is 36.9 Å². The van der Waals surface area contributed by atoms with Crippen molar-refractivity contribution in [3.63, 3.8) is 0 Å². The van der Waals surface area contributed by atoms with Gasteiger partial charge in [-0.15, -0.1) is 0 Å². The van der Waals surface area contributed by atoms with Crippen LogP contribution in [0, 0.1) is 0 Å². The minimum Gasteiger partial charge on any atom is -0.424 e. The van der Waals surface area contributed by atoms with Crippen molar-refractivity contribution in [2.45, 2.75) is 6.43 Å². The lowest BCUT2D eigenvalue weighted by Gasteiger charge is -2.11. The average Bonchev–Trinajstić information content (AvgIpc) is 3.15. The van der Waals surface area contributed by atoms with Gasteiger partial charge in [-0.1, -0.05) is 46.0 Å². The monoisotopic (exact) mass is 485 g/mol. The number of nitrogens with zero attached hydrogens (tertiary/aromatic N) is 5. The van der Waals surface area contributed by atoms with Crippen LogP contribution in [0.5, 0.6) is 23.7 Å². The highest BCUT2D eigenvalue weighted by Gasteiger charge is 2.31. The molecule has 0 saturated carbocycles. The number of alkyl halides is 2. The van der Waals surface area contributed by atoms with Gasteiger partial charge in [0.25, 0.3) is 6.43 Å². The first-order valence-corrected chi connectivity index (χ1v) is 9.43. The largest absolute Gasteiger partial charge is 0.424 e. The second kappa shape index (κ2) is 8.96. The maximum Gasteiger partial charge on any atom is 0.328 e. The number of halogens is 5. The van der Waals surface area contributed by atoms with Gasteiger partial charge < -0.3 is 14.0 Å². The summed E-state index contributed by atoms with van der Waals surface area (Å²) in [5.41, 5.74) is -0.948. The Morgan fingerprint density at radius 3 is 2.00 bits per heavy atom. The van der Waals surface area contributed by atoms with Crippen LogP contribution in [0.15, 0.2) is 47.5 Å². The zero-order chi connectivity index (χ0) is 22.0. The molecule has 0 aliphatic heterocycles. The molecule has 0 unspecified atom stereocenters. The van der Waals surface area contributed by atoms with E-state index in [-0.39, 0.29) is 39.1 Å². The van der Waals surface area contributed by atoms with Gasteiger partial charge in [0, 0.05) is 0 Å². The van der Waals surface area contributed by atoms with Crippen molar-refractivity contribution in [1.29, 1.82) is 0 Å². The van der Waals surface area contributed by atoms with Crippen LogP contribution in [0.4, 0.5) is 8.78 Å². The van der Waals surface area contributed by atoms with Gasteiger partial charge in [-0.2, -0.15) is 0 Å². The Morgan fingerprint density at radius 1 is 0.839 bits per heavy atom. The molecule has 0 aliphatic rings. The first-order chi connectivity index (χ1) is 14.9. The molecule has 0 amide bonds. The number of hydrogen-bond acceptors (Lipinski definition) is 8. The van der Waals surface area contributed by atoms with Crippen LogP contribution in [0.2, 0.25) is 15.1 Å². The molecule has 3 heterocycles. The van der Waals surface area contributed by atoms with E-state index in [9.17, 15) is 8.78 Å². The standard InChI is InChI=1S/C18H8Cl3F2N5O3/c19-8-4-24-17(25-5-8)29-11-3-1-2-10(21)12(11)14-13(15(22)23)16(31-28-14)30-18-26-6-9(20)7-27-18/h1-7,15H. The number of aromatic nitrogens is 5. The molecule has 0 bridgehead atoms. The van der Waals surface area contributed by atoms with E-state index in [1.54, 1.807) is 6.07 Å². The summed E-state index contributed by atoms with van der Waals surface area (Å²) < 4.78 is 43.7. The maximum absolute atomic E-state index is 13.9. The van der Waals surface area contributed by atoms with Gasteiger partial charge in [0.1, 0.15) is 17.0 Å². The zero-order valence-corrected chi connectivity index (χ0v) is 17.2. The van der Waals surface area contributed by atoms with Crippen molar-refractivity contribution in [2.75, 3.05) is 0 Å². The van der Waals surface area contributed by atoms with Gasteiger partial charge >= 0.3 is 18.0 Å². The smallest absolute Gasteiger partial charge is 0.328 e. The quantitative estimate of drug-likeness (QED) is 0.309. The second-order valence-corrected chi connectivity index (χ2v) is 7.00. The Morgan fingerprint density at radius 2 is 1.42 bits per heavy atom. The maximum atomic E-state index is 13.9. The second-order valence-electron chi connectivity index (χ2n) is 5.72. The minimum atomic E-state index is -3.04. The molecule has 4 rings (SSSR count). The summed E-state index contributed by atoms with van der Waals surface area (Å²) in [6.07, 6.45) is 2.05. The molecule has 0 fully saturated rings. The summed E-state index contributed by atoms with van der Waals surface area (Å²) in [4.78, 5) is 15.4. The van der Waals surface area contributed by atoms with Crippen LogP contribution in [-0.2, 0) is 0 Å². The number of ether oxygens (including phenoxy) is 2. The molecule has 0 aliphatic carbocycles. The molecule has 1 aromatic carbocycles. The Kier molecular flexibility index (Phi) is 6.12. The number of hydrogen-bond donors (Lipinski definition) is 0. The van der Waals surface area contributed by atoms with Crippen molar-refractivity contribution in [3.8, 4) is 35.0 Å². The lowest BCUT2D eigenvalue weighted by molar-refractivity contribution is 0.144. The summed E-state index contributed by atoms with van der Waals surface area (Å²) in [6, 6.07) is 4.16. The highest BCUT2D eigenvalue weighted by molar-refractivity contribution is 6.33. The first kappa shape index (κ1) is 21.2. The van der Waals surface area contributed by atoms with Gasteiger partial charge in [0.15, 0.2) is 0 Å². The summed E-state index contributed by atoms with van der Waals surface area (Å²) in [7, 11) is 0. The third kappa shape index (κ3) is 4.66. The SMILES string of the molecule is FC(F)c1c(-c2c(Cl)cccc2Oc2ncc(Cl)cn2)noc1Oc1ncc(Cl)cn1. The molecule has 4 aromatic rings. The molecule has 0 radical (unpaired) electrons. The van der Waals surface area contributed by atoms with Crippen LogP contribution in [0.25, 0.3) is 11.3 Å². The van der Waals surface area contributed by atoms with Crippen LogP contribution in [-0.4, -0.2) is 25.1 Å². The fraction of sp³-hybridized carbons (Fsp3) is 0.0556. The molecule has 31 heavy (non-hydrogen) atoms. The topological polar surface area (TPSA) is 96.1 Å². The molecule has 158 valence electrons. The molecule has 0 saturated heterocycles. The van der Waals surface area contributed by atoms with Crippen molar-refractivity contribution >= 4 is 34.8 Å². The molecule has 0 spiro atoms. The highest BCUT2D eigenvalue weighted by Crippen LogP contribution is 2.45. The van der Waals surface area contributed by atoms with Crippen molar-refractivity contribution in [1.82, 2.24) is 25.1 Å². The van der Waals surface area contributed by atoms with E-state index in [0.29, 0.717) is 5.02 Å². The van der Waals surface area contributed by atoms with E-state index in [4.69, 9.17) is 48.8 Å². The fourth-order valence-corrected chi connectivity index (χ4v) is 2.89. The number of benzene rings is 1. The van der Waals surface area contributed by atoms with Crippen molar-refractivity contribution in [3.05, 3.63) is 63.6 Å². The van der Waals surface area contributed by atoms with Crippen LogP contribution in [0.1, 0.15) is 12.0 Å². The fourth-order valence-electron chi connectivity index (χ4n) is 2.44. The molecule has 13 heteroatoms. The Labute approximate surface area is 187 Å². The Hall–Kier alpha value is -3.08. The third-order valence-corrected chi connectivity index (χ3v) is 4.41. The van der Waals surface area contributed by atoms with Gasteiger partial charge in [-0.25, -0.2) is 28.7 Å². The molecular weight excluding hydrogens is 479 g/mol. The summed E-state index contributed by atoms with van der Waals surface area (Å²) in [5, 5.41) is 4.31. The Balaban J connectivity index is 1.76. The van der Waals surface area contributed by atoms with Crippen LogP contribution < -0.4 is 9.47 Å². The summed E-state index contributed by atoms with van der Waals surface area (Å²) in [6.45, 7) is 0. The average molecular weight is 487 g/mol. The molecule has 0 N–H and O–H groups in total. The number of rotatable bonds is 6. The predicted octanol–water partition coefficient (Wildman–Crippen LogP) is 6.40. The third-order valence-electron chi connectivity index (χ3n) is 3.70. The Bertz CT molecular complexity index is 1210. The lowest BCUT2D eigenvalue weighted by Crippen LogP contribution is -1.97. The zero-order valence-electron chi connectivity index (χ0n) is 15.0. The lowest BCUT2D eigenvalue weighted by atomic mass is 10.1. The van der Waals surface area contributed by atoms with E-state index < -0.39 is 17.9 Å². The molecule has 0 atom stereocenters. The molecule has 8 nitrogen and oxygen atoms in total. The van der Waals surface area contributed by atoms with Crippen LogP contribution >= 0.6 is 34.8 Å². The van der Waals surface area contributed by atoms with Crippen LogP contribution in [0.3, 0.4) is 0 Å². The summed E-state index contributed by atoms with van der Waals surface area (Å²) in [5.74, 6) is -0.555. The van der Waals surface area contributed by atoms with Gasteiger partial charge in [0.2, 0.25) is 0 Å². The predicted molar refractivity (Wildman–Crippen MR) is 106 cm³/mol. The summed E-state index contributed by atoms with van der Waals surface area (Å²) >= 11 is 17.7. The normalized spacial score (nSPS) is 11.0. The van der Waals surface area contributed by atoms with Gasteiger partial charge in [-0.05, 0) is 12.1 Å². The van der Waals surface area contributed by atoms with Crippen molar-refractivity contribution in [2.24, 2.45) is 0 Å². The van der Waals surface area contributed by atoms with E-state index in [0.717, 1.165) is 0 Å². The molecular formula is C18H8Cl3F2N5O3. The van der Waals surface area contributed by atoms with Crippen molar-refractivity contribution < 1.29 is 22.8 Å². The minimum absolute atomic E-state index is 0.0219. The van der Waals surface area contributed by atoms with Gasteiger partial charge in [-0.3, -0.25) is 0 Å². The van der Waals surface area contributed by atoms with E-state index in [1.807, 2.05) is 0 Å². The van der Waals surface area contributed by atoms with Gasteiger partial charge in [0.05, 0.1) is 45.4 Å². The highest BCUT2D eigenvalue weighted by atomic mass is 35.5. The molecule has 3 aromatic heterocycles. The van der Waals surface area contributed by atoms with E-state index >= 15 is 0 Å². The first-order valence-electron chi connectivity index (χ1n) is 8.29.